The molecule has 0 bridgehead atoms. The number of nitro groups is 1. The fraction of sp³-hybridized carbons (Fsp3) is 0.286. The summed E-state index contributed by atoms with van der Waals surface area (Å²) in [6.07, 6.45) is -3.77. The molecule has 1 aliphatic heterocycles. The SMILES string of the molecule is COC1OC(COC(=O)c2ccc([N+](=O)[O-])cc2)C(OCc2ccccc2)C(OCc2ccccc2)C1OCc1ccccc1. The van der Waals surface area contributed by atoms with Gasteiger partial charge in [0, 0.05) is 19.2 Å². The van der Waals surface area contributed by atoms with Crippen molar-refractivity contribution in [2.45, 2.75) is 50.5 Å². The lowest BCUT2D eigenvalue weighted by Crippen LogP contribution is -2.61. The van der Waals surface area contributed by atoms with Crippen molar-refractivity contribution >= 4 is 11.7 Å². The van der Waals surface area contributed by atoms with Crippen molar-refractivity contribution < 1.29 is 38.1 Å². The first kappa shape index (κ1) is 32.0. The van der Waals surface area contributed by atoms with Crippen molar-refractivity contribution in [3.05, 3.63) is 148 Å². The van der Waals surface area contributed by atoms with E-state index in [1.54, 1.807) is 0 Å². The van der Waals surface area contributed by atoms with E-state index in [9.17, 15) is 14.9 Å². The molecule has 0 radical (unpaired) electrons. The number of methoxy groups -OCH3 is 1. The molecule has 0 amide bonds. The summed E-state index contributed by atoms with van der Waals surface area (Å²) in [5.41, 5.74) is 2.91. The third-order valence-electron chi connectivity index (χ3n) is 7.37. The van der Waals surface area contributed by atoms with Gasteiger partial charge in [0.05, 0.1) is 30.3 Å². The average molecular weight is 614 g/mol. The highest BCUT2D eigenvalue weighted by Crippen LogP contribution is 2.31. The molecule has 0 aliphatic carbocycles. The summed E-state index contributed by atoms with van der Waals surface area (Å²) >= 11 is 0. The molecule has 5 unspecified atom stereocenters. The number of nitro benzene ring substituents is 1. The Morgan fingerprint density at radius 3 is 1.62 bits per heavy atom. The zero-order valence-corrected chi connectivity index (χ0v) is 24.8. The quantitative estimate of drug-likeness (QED) is 0.0977. The van der Waals surface area contributed by atoms with E-state index in [0.29, 0.717) is 0 Å². The molecule has 10 nitrogen and oxygen atoms in total. The lowest BCUT2D eigenvalue weighted by Gasteiger charge is -2.45. The van der Waals surface area contributed by atoms with Gasteiger partial charge in [0.25, 0.3) is 5.69 Å². The highest BCUT2D eigenvalue weighted by molar-refractivity contribution is 5.89. The first-order valence-corrected chi connectivity index (χ1v) is 14.6. The Kier molecular flexibility index (Phi) is 11.4. The Hall–Kier alpha value is -4.45. The molecule has 4 aromatic rings. The Morgan fingerprint density at radius 1 is 0.689 bits per heavy atom. The van der Waals surface area contributed by atoms with Crippen molar-refractivity contribution in [2.75, 3.05) is 13.7 Å². The molecule has 0 aromatic heterocycles. The maximum Gasteiger partial charge on any atom is 0.338 e. The molecule has 1 heterocycles. The fourth-order valence-corrected chi connectivity index (χ4v) is 5.03. The van der Waals surface area contributed by atoms with Gasteiger partial charge in [-0.15, -0.1) is 0 Å². The summed E-state index contributed by atoms with van der Waals surface area (Å²) in [7, 11) is 1.52. The molecule has 0 spiro atoms. The second-order valence-corrected chi connectivity index (χ2v) is 10.5. The van der Waals surface area contributed by atoms with E-state index in [-0.39, 0.29) is 37.7 Å². The molecule has 5 atom stereocenters. The van der Waals surface area contributed by atoms with Crippen molar-refractivity contribution in [1.82, 2.24) is 0 Å². The minimum Gasteiger partial charge on any atom is -0.459 e. The number of nitrogens with zero attached hydrogens (tertiary/aromatic N) is 1. The Labute approximate surface area is 261 Å². The topological polar surface area (TPSA) is 116 Å². The smallest absolute Gasteiger partial charge is 0.338 e. The molecular weight excluding hydrogens is 578 g/mol. The molecule has 1 aliphatic rings. The highest BCUT2D eigenvalue weighted by Gasteiger charge is 2.49. The first-order valence-electron chi connectivity index (χ1n) is 14.6. The van der Waals surface area contributed by atoms with Crippen LogP contribution in [0.1, 0.15) is 27.0 Å². The predicted molar refractivity (Wildman–Crippen MR) is 164 cm³/mol. The van der Waals surface area contributed by atoms with E-state index in [1.165, 1.54) is 31.4 Å². The number of hydrogen-bond acceptors (Lipinski definition) is 9. The van der Waals surface area contributed by atoms with Crippen LogP contribution in [-0.4, -0.2) is 55.3 Å². The van der Waals surface area contributed by atoms with E-state index in [4.69, 9.17) is 28.4 Å². The number of ether oxygens (including phenoxy) is 6. The summed E-state index contributed by atoms with van der Waals surface area (Å²) in [5, 5.41) is 11.0. The molecular formula is C35H35NO9. The zero-order valence-electron chi connectivity index (χ0n) is 24.8. The molecule has 0 saturated carbocycles. The molecule has 45 heavy (non-hydrogen) atoms. The number of carbonyl (C=O) groups excluding carboxylic acids is 1. The van der Waals surface area contributed by atoms with Crippen LogP contribution in [-0.2, 0) is 48.2 Å². The lowest BCUT2D eigenvalue weighted by molar-refractivity contribution is -0.384. The van der Waals surface area contributed by atoms with Gasteiger partial charge >= 0.3 is 5.97 Å². The molecule has 10 heteroatoms. The van der Waals surface area contributed by atoms with Crippen LogP contribution in [0.5, 0.6) is 0 Å². The van der Waals surface area contributed by atoms with Gasteiger partial charge in [0.15, 0.2) is 6.29 Å². The zero-order chi connectivity index (χ0) is 31.4. The van der Waals surface area contributed by atoms with Crippen molar-refractivity contribution in [2.24, 2.45) is 0 Å². The van der Waals surface area contributed by atoms with Gasteiger partial charge in [-0.1, -0.05) is 91.0 Å². The first-order chi connectivity index (χ1) is 22.0. The average Bonchev–Trinajstić information content (AvgIpc) is 3.09. The van der Waals surface area contributed by atoms with Crippen LogP contribution in [0.15, 0.2) is 115 Å². The number of non-ortho nitro benzene ring substituents is 1. The molecule has 5 rings (SSSR count). The standard InChI is InChI=1S/C35H35NO9/c1-40-35-33(43-23-27-15-9-4-10-16-27)32(42-22-26-13-7-3-8-14-26)31(41-21-25-11-5-2-6-12-25)30(45-35)24-44-34(37)28-17-19-29(20-18-28)36(38)39/h2-20,30-33,35H,21-24H2,1H3. The summed E-state index contributed by atoms with van der Waals surface area (Å²) < 4.78 is 37.2. The maximum absolute atomic E-state index is 12.9. The molecule has 4 aromatic carbocycles. The monoisotopic (exact) mass is 613 g/mol. The third-order valence-corrected chi connectivity index (χ3v) is 7.37. The summed E-state index contributed by atoms with van der Waals surface area (Å²) in [6.45, 7) is 0.612. The van der Waals surface area contributed by atoms with Crippen molar-refractivity contribution in [1.29, 1.82) is 0 Å². The maximum atomic E-state index is 12.9. The molecule has 1 saturated heterocycles. The van der Waals surface area contributed by atoms with Crippen LogP contribution in [0.3, 0.4) is 0 Å². The van der Waals surface area contributed by atoms with Gasteiger partial charge in [0.2, 0.25) is 0 Å². The molecule has 234 valence electrons. The van der Waals surface area contributed by atoms with E-state index >= 15 is 0 Å². The predicted octanol–water partition coefficient (Wildman–Crippen LogP) is 5.88. The minimum atomic E-state index is -0.867. The largest absolute Gasteiger partial charge is 0.459 e. The lowest BCUT2D eigenvalue weighted by atomic mass is 9.97. The van der Waals surface area contributed by atoms with Crippen LogP contribution >= 0.6 is 0 Å². The second-order valence-electron chi connectivity index (χ2n) is 10.5. The summed E-state index contributed by atoms with van der Waals surface area (Å²) in [6, 6.07) is 34.4. The van der Waals surface area contributed by atoms with Crippen LogP contribution in [0.2, 0.25) is 0 Å². The van der Waals surface area contributed by atoms with E-state index in [0.717, 1.165) is 16.7 Å². The number of carbonyl (C=O) groups is 1. The van der Waals surface area contributed by atoms with E-state index < -0.39 is 41.6 Å². The highest BCUT2D eigenvalue weighted by atomic mass is 16.7. The van der Waals surface area contributed by atoms with Gasteiger partial charge < -0.3 is 28.4 Å². The summed E-state index contributed by atoms with van der Waals surface area (Å²) in [4.78, 5) is 23.4. The Balaban J connectivity index is 1.40. The van der Waals surface area contributed by atoms with Crippen molar-refractivity contribution in [3.8, 4) is 0 Å². The summed E-state index contributed by atoms with van der Waals surface area (Å²) in [5.74, 6) is -0.659. The molecule has 0 N–H and O–H groups in total. The van der Waals surface area contributed by atoms with Crippen LogP contribution in [0.4, 0.5) is 5.69 Å². The van der Waals surface area contributed by atoms with Crippen LogP contribution in [0, 0.1) is 10.1 Å². The molecule has 1 fully saturated rings. The number of esters is 1. The number of rotatable bonds is 14. The van der Waals surface area contributed by atoms with E-state index in [2.05, 4.69) is 0 Å². The number of hydrogen-bond donors (Lipinski definition) is 0. The van der Waals surface area contributed by atoms with Gasteiger partial charge in [-0.05, 0) is 28.8 Å². The van der Waals surface area contributed by atoms with Crippen molar-refractivity contribution in [3.63, 3.8) is 0 Å². The third kappa shape index (κ3) is 8.81. The fourth-order valence-electron chi connectivity index (χ4n) is 5.03. The van der Waals surface area contributed by atoms with E-state index in [1.807, 2.05) is 91.0 Å². The van der Waals surface area contributed by atoms with Crippen LogP contribution < -0.4 is 0 Å². The van der Waals surface area contributed by atoms with Gasteiger partial charge in [0.1, 0.15) is 31.0 Å². The Morgan fingerprint density at radius 2 is 1.16 bits per heavy atom. The minimum absolute atomic E-state index is 0.126. The van der Waals surface area contributed by atoms with Crippen LogP contribution in [0.25, 0.3) is 0 Å². The Bertz CT molecular complexity index is 1490. The van der Waals surface area contributed by atoms with Gasteiger partial charge in [-0.2, -0.15) is 0 Å². The van der Waals surface area contributed by atoms with Gasteiger partial charge in [-0.3, -0.25) is 10.1 Å². The van der Waals surface area contributed by atoms with Gasteiger partial charge in [-0.25, -0.2) is 4.79 Å². The number of benzene rings is 4. The second kappa shape index (κ2) is 16.0. The normalized spacial score (nSPS) is 21.2.